The molecule has 0 radical (unpaired) electrons. The third-order valence-corrected chi connectivity index (χ3v) is 7.17. The normalized spacial score (nSPS) is 12.0. The van der Waals surface area contributed by atoms with Crippen molar-refractivity contribution in [2.75, 3.05) is 6.54 Å². The Labute approximate surface area is 134 Å². The summed E-state index contributed by atoms with van der Waals surface area (Å²) in [4.78, 5) is 2.27. The highest BCUT2D eigenvalue weighted by Gasteiger charge is 2.17. The second-order valence-electron chi connectivity index (χ2n) is 4.83. The molecule has 0 aliphatic heterocycles. The summed E-state index contributed by atoms with van der Waals surface area (Å²) in [5.41, 5.74) is 2.21. The second kappa shape index (κ2) is 7.02. The molecule has 0 unspecified atom stereocenters. The fourth-order valence-corrected chi connectivity index (χ4v) is 5.18. The molecule has 0 saturated carbocycles. The zero-order chi connectivity index (χ0) is 15.5. The molecule has 2 heterocycles. The molecule has 0 bridgehead atoms. The van der Waals surface area contributed by atoms with Crippen LogP contribution in [0, 0.1) is 13.8 Å². The first-order valence-electron chi connectivity index (χ1n) is 6.76. The van der Waals surface area contributed by atoms with E-state index in [0.717, 1.165) is 17.0 Å². The summed E-state index contributed by atoms with van der Waals surface area (Å²) in [6.07, 6.45) is 0. The van der Waals surface area contributed by atoms with Crippen molar-refractivity contribution >= 4 is 32.7 Å². The Hall–Kier alpha value is -0.730. The van der Waals surface area contributed by atoms with Gasteiger partial charge in [0.05, 0.1) is 0 Å². The van der Waals surface area contributed by atoms with Gasteiger partial charge in [0, 0.05) is 22.8 Å². The molecule has 116 valence electrons. The average molecular weight is 345 g/mol. The molecule has 0 spiro atoms. The van der Waals surface area contributed by atoms with Crippen LogP contribution in [0.5, 0.6) is 0 Å². The van der Waals surface area contributed by atoms with Gasteiger partial charge in [-0.3, -0.25) is 0 Å². The van der Waals surface area contributed by atoms with E-state index in [1.807, 2.05) is 32.2 Å². The zero-order valence-corrected chi connectivity index (χ0v) is 14.8. The Morgan fingerprint density at radius 3 is 2.57 bits per heavy atom. The maximum atomic E-state index is 12.3. The molecular formula is C14H20N2O2S3. The second-order valence-corrected chi connectivity index (χ2v) is 9.08. The Kier molecular flexibility index (Phi) is 5.56. The van der Waals surface area contributed by atoms with E-state index in [-0.39, 0.29) is 0 Å². The highest BCUT2D eigenvalue weighted by atomic mass is 32.2. The van der Waals surface area contributed by atoms with E-state index in [0.29, 0.717) is 17.3 Å². The van der Waals surface area contributed by atoms with Gasteiger partial charge in [-0.1, -0.05) is 6.92 Å². The van der Waals surface area contributed by atoms with E-state index in [2.05, 4.69) is 10.0 Å². The fraction of sp³-hybridized carbons (Fsp3) is 0.429. The molecule has 0 amide bonds. The molecule has 0 aliphatic carbocycles. The molecule has 4 nitrogen and oxygen atoms in total. The lowest BCUT2D eigenvalue weighted by Gasteiger charge is -2.02. The monoisotopic (exact) mass is 344 g/mol. The minimum atomic E-state index is -3.42. The van der Waals surface area contributed by atoms with Crippen LogP contribution in [0.15, 0.2) is 21.7 Å². The highest BCUT2D eigenvalue weighted by Crippen LogP contribution is 2.23. The quantitative estimate of drug-likeness (QED) is 0.812. The number of sulfonamides is 1. The van der Waals surface area contributed by atoms with Crippen LogP contribution in [-0.4, -0.2) is 15.0 Å². The number of aryl methyl sites for hydroxylation is 2. The lowest BCUT2D eigenvalue weighted by atomic mass is 10.3. The van der Waals surface area contributed by atoms with E-state index in [4.69, 9.17) is 0 Å². The summed E-state index contributed by atoms with van der Waals surface area (Å²) < 4.78 is 27.6. The molecule has 2 rings (SSSR count). The lowest BCUT2D eigenvalue weighted by molar-refractivity contribution is 0.584. The van der Waals surface area contributed by atoms with Crippen molar-refractivity contribution in [1.82, 2.24) is 10.0 Å². The summed E-state index contributed by atoms with van der Waals surface area (Å²) in [5, 5.41) is 5.07. The van der Waals surface area contributed by atoms with E-state index >= 15 is 0 Å². The highest BCUT2D eigenvalue weighted by molar-refractivity contribution is 7.91. The zero-order valence-electron chi connectivity index (χ0n) is 12.4. The van der Waals surface area contributed by atoms with Gasteiger partial charge >= 0.3 is 0 Å². The summed E-state index contributed by atoms with van der Waals surface area (Å²) in [5.74, 6) is 0. The third kappa shape index (κ3) is 4.37. The van der Waals surface area contributed by atoms with E-state index < -0.39 is 10.0 Å². The van der Waals surface area contributed by atoms with Gasteiger partial charge in [0.2, 0.25) is 10.0 Å². The molecule has 2 aromatic heterocycles. The molecule has 21 heavy (non-hydrogen) atoms. The molecule has 0 fully saturated rings. The van der Waals surface area contributed by atoms with Gasteiger partial charge in [0.15, 0.2) is 0 Å². The van der Waals surface area contributed by atoms with Gasteiger partial charge in [0.25, 0.3) is 0 Å². The minimum absolute atomic E-state index is 0.349. The van der Waals surface area contributed by atoms with Crippen molar-refractivity contribution in [2.45, 2.75) is 38.1 Å². The maximum absolute atomic E-state index is 12.3. The third-order valence-electron chi connectivity index (χ3n) is 3.13. The molecule has 0 atom stereocenters. The van der Waals surface area contributed by atoms with Gasteiger partial charge in [0.1, 0.15) is 4.21 Å². The SMILES string of the molecule is CCNCc1csc(S(=O)(=O)NCc2cc(C)c(C)s2)c1. The van der Waals surface area contributed by atoms with E-state index in [1.54, 1.807) is 17.4 Å². The molecule has 0 saturated heterocycles. The standard InChI is InChI=1S/C14H20N2O2S3/c1-4-15-7-12-6-14(19-9-12)21(17,18)16-8-13-5-10(2)11(3)20-13/h5-6,9,15-16H,4,7-8H2,1-3H3. The predicted molar refractivity (Wildman–Crippen MR) is 89.5 cm³/mol. The summed E-state index contributed by atoms with van der Waals surface area (Å²) in [6.45, 7) is 8.03. The van der Waals surface area contributed by atoms with Crippen molar-refractivity contribution in [2.24, 2.45) is 0 Å². The molecule has 2 N–H and O–H groups in total. The number of nitrogens with one attached hydrogen (secondary N) is 2. The molecule has 0 aliphatic rings. The van der Waals surface area contributed by atoms with Crippen LogP contribution in [0.1, 0.15) is 27.8 Å². The summed E-state index contributed by atoms with van der Waals surface area (Å²) >= 11 is 2.90. The molecule has 7 heteroatoms. The molecule has 2 aromatic rings. The molecule has 0 aromatic carbocycles. The Morgan fingerprint density at radius 2 is 1.95 bits per heavy atom. The van der Waals surface area contributed by atoms with Gasteiger partial charge < -0.3 is 5.32 Å². The van der Waals surface area contributed by atoms with Crippen LogP contribution in [0.4, 0.5) is 0 Å². The fourth-order valence-electron chi connectivity index (χ4n) is 1.83. The summed E-state index contributed by atoms with van der Waals surface area (Å²) in [6, 6.07) is 3.77. The lowest BCUT2D eigenvalue weighted by Crippen LogP contribution is -2.22. The Bertz CT molecular complexity index is 682. The summed E-state index contributed by atoms with van der Waals surface area (Å²) in [7, 11) is -3.42. The van der Waals surface area contributed by atoms with Gasteiger partial charge in [-0.15, -0.1) is 22.7 Å². The van der Waals surface area contributed by atoms with Gasteiger partial charge in [-0.25, -0.2) is 13.1 Å². The van der Waals surface area contributed by atoms with Crippen LogP contribution >= 0.6 is 22.7 Å². The number of thiophene rings is 2. The smallest absolute Gasteiger partial charge is 0.250 e. The number of hydrogen-bond acceptors (Lipinski definition) is 5. The van der Waals surface area contributed by atoms with Crippen molar-refractivity contribution in [3.8, 4) is 0 Å². The largest absolute Gasteiger partial charge is 0.313 e. The number of hydrogen-bond donors (Lipinski definition) is 2. The maximum Gasteiger partial charge on any atom is 0.250 e. The first-order chi connectivity index (χ1) is 9.92. The van der Waals surface area contributed by atoms with Crippen LogP contribution in [0.3, 0.4) is 0 Å². The van der Waals surface area contributed by atoms with Crippen LogP contribution < -0.4 is 10.0 Å². The Morgan fingerprint density at radius 1 is 1.19 bits per heavy atom. The Balaban J connectivity index is 2.02. The van der Waals surface area contributed by atoms with Gasteiger partial charge in [-0.2, -0.15) is 0 Å². The van der Waals surface area contributed by atoms with Crippen molar-refractivity contribution in [3.05, 3.63) is 38.4 Å². The first kappa shape index (κ1) is 16.6. The predicted octanol–water partition coefficient (Wildman–Crippen LogP) is 3.01. The van der Waals surface area contributed by atoms with Crippen molar-refractivity contribution < 1.29 is 8.42 Å². The topological polar surface area (TPSA) is 58.2 Å². The number of rotatable bonds is 7. The van der Waals surface area contributed by atoms with E-state index in [1.165, 1.54) is 21.8 Å². The minimum Gasteiger partial charge on any atom is -0.313 e. The first-order valence-corrected chi connectivity index (χ1v) is 9.94. The molecular weight excluding hydrogens is 324 g/mol. The van der Waals surface area contributed by atoms with Crippen LogP contribution in [0.25, 0.3) is 0 Å². The van der Waals surface area contributed by atoms with E-state index in [9.17, 15) is 8.42 Å². The van der Waals surface area contributed by atoms with Gasteiger partial charge in [-0.05, 0) is 49.0 Å². The van der Waals surface area contributed by atoms with Crippen molar-refractivity contribution in [1.29, 1.82) is 0 Å². The van der Waals surface area contributed by atoms with Crippen LogP contribution in [0.2, 0.25) is 0 Å². The average Bonchev–Trinajstić information content (AvgIpc) is 3.03. The van der Waals surface area contributed by atoms with Crippen molar-refractivity contribution in [3.63, 3.8) is 0 Å². The van der Waals surface area contributed by atoms with Crippen LogP contribution in [-0.2, 0) is 23.1 Å².